The zero-order valence-electron chi connectivity index (χ0n) is 9.01. The lowest BCUT2D eigenvalue weighted by Gasteiger charge is -2.03. The van der Waals surface area contributed by atoms with Crippen LogP contribution >= 0.6 is 0 Å². The molecule has 2 rings (SSSR count). The van der Waals surface area contributed by atoms with Crippen LogP contribution in [0.3, 0.4) is 0 Å². The van der Waals surface area contributed by atoms with E-state index in [1.54, 1.807) is 12.4 Å². The van der Waals surface area contributed by atoms with Crippen LogP contribution in [0.25, 0.3) is 0 Å². The van der Waals surface area contributed by atoms with Crippen molar-refractivity contribution in [1.29, 1.82) is 5.26 Å². The monoisotopic (exact) mass is 209 g/mol. The standard InChI is InChI=1S/C13H11N3/c1-10-15-8-11(9-16-10)6-12-4-2-3-5-13(12)7-14/h2-5,8-9H,6H2,1H3. The highest BCUT2D eigenvalue weighted by atomic mass is 14.8. The van der Waals surface area contributed by atoms with Gasteiger partial charge in [0, 0.05) is 18.8 Å². The predicted molar refractivity (Wildman–Crippen MR) is 60.7 cm³/mol. The maximum absolute atomic E-state index is 8.96. The van der Waals surface area contributed by atoms with Crippen LogP contribution in [0.2, 0.25) is 0 Å². The third-order valence-electron chi connectivity index (χ3n) is 2.37. The molecule has 0 saturated carbocycles. The summed E-state index contributed by atoms with van der Waals surface area (Å²) in [6, 6.07) is 9.77. The fourth-order valence-electron chi connectivity index (χ4n) is 1.51. The summed E-state index contributed by atoms with van der Waals surface area (Å²) in [5.41, 5.74) is 2.74. The quantitative estimate of drug-likeness (QED) is 0.762. The Balaban J connectivity index is 2.27. The van der Waals surface area contributed by atoms with Gasteiger partial charge in [0.1, 0.15) is 5.82 Å². The second kappa shape index (κ2) is 4.54. The lowest BCUT2D eigenvalue weighted by molar-refractivity contribution is 1.00. The number of benzene rings is 1. The summed E-state index contributed by atoms with van der Waals surface area (Å²) < 4.78 is 0. The maximum Gasteiger partial charge on any atom is 0.125 e. The summed E-state index contributed by atoms with van der Waals surface area (Å²) in [4.78, 5) is 8.27. The summed E-state index contributed by atoms with van der Waals surface area (Å²) >= 11 is 0. The smallest absolute Gasteiger partial charge is 0.125 e. The average molecular weight is 209 g/mol. The van der Waals surface area contributed by atoms with Crippen LogP contribution in [-0.4, -0.2) is 9.97 Å². The van der Waals surface area contributed by atoms with Gasteiger partial charge in [0.2, 0.25) is 0 Å². The fraction of sp³-hybridized carbons (Fsp3) is 0.154. The van der Waals surface area contributed by atoms with Gasteiger partial charge in [0.25, 0.3) is 0 Å². The van der Waals surface area contributed by atoms with Crippen molar-refractivity contribution in [3.8, 4) is 6.07 Å². The molecule has 78 valence electrons. The van der Waals surface area contributed by atoms with E-state index in [4.69, 9.17) is 5.26 Å². The molecule has 0 fully saturated rings. The van der Waals surface area contributed by atoms with Crippen LogP contribution in [-0.2, 0) is 6.42 Å². The molecule has 16 heavy (non-hydrogen) atoms. The molecule has 0 aliphatic rings. The van der Waals surface area contributed by atoms with E-state index >= 15 is 0 Å². The van der Waals surface area contributed by atoms with Crippen molar-refractivity contribution in [3.63, 3.8) is 0 Å². The Hall–Kier alpha value is -2.21. The third kappa shape index (κ3) is 2.23. The second-order valence-corrected chi connectivity index (χ2v) is 3.58. The first-order valence-electron chi connectivity index (χ1n) is 5.05. The Morgan fingerprint density at radius 2 is 1.88 bits per heavy atom. The van der Waals surface area contributed by atoms with Crippen molar-refractivity contribution < 1.29 is 0 Å². The minimum absolute atomic E-state index is 0.698. The highest BCUT2D eigenvalue weighted by Crippen LogP contribution is 2.12. The van der Waals surface area contributed by atoms with Crippen LogP contribution < -0.4 is 0 Å². The number of aromatic nitrogens is 2. The van der Waals surface area contributed by atoms with E-state index < -0.39 is 0 Å². The first-order valence-corrected chi connectivity index (χ1v) is 5.05. The normalized spacial score (nSPS) is 9.75. The highest BCUT2D eigenvalue weighted by Gasteiger charge is 2.02. The molecular weight excluding hydrogens is 198 g/mol. The van der Waals surface area contributed by atoms with Crippen LogP contribution in [0.4, 0.5) is 0 Å². The van der Waals surface area contributed by atoms with Gasteiger partial charge in [-0.05, 0) is 24.1 Å². The molecule has 1 aromatic carbocycles. The Kier molecular flexibility index (Phi) is 2.93. The van der Waals surface area contributed by atoms with E-state index in [0.29, 0.717) is 12.0 Å². The fourth-order valence-corrected chi connectivity index (χ4v) is 1.51. The summed E-state index contributed by atoms with van der Waals surface area (Å²) in [5.74, 6) is 0.761. The number of hydrogen-bond acceptors (Lipinski definition) is 3. The van der Waals surface area contributed by atoms with Gasteiger partial charge in [-0.25, -0.2) is 9.97 Å². The first kappa shape index (κ1) is 10.3. The topological polar surface area (TPSA) is 49.6 Å². The van der Waals surface area contributed by atoms with E-state index in [9.17, 15) is 0 Å². The minimum Gasteiger partial charge on any atom is -0.241 e. The summed E-state index contributed by atoms with van der Waals surface area (Å²) in [5, 5.41) is 8.96. The lowest BCUT2D eigenvalue weighted by Crippen LogP contribution is -1.95. The Bertz CT molecular complexity index is 524. The molecule has 0 amide bonds. The van der Waals surface area contributed by atoms with E-state index in [1.165, 1.54) is 0 Å². The number of rotatable bonds is 2. The van der Waals surface area contributed by atoms with Crippen LogP contribution in [0.5, 0.6) is 0 Å². The Morgan fingerprint density at radius 3 is 2.56 bits per heavy atom. The summed E-state index contributed by atoms with van der Waals surface area (Å²) in [7, 11) is 0. The van der Waals surface area contributed by atoms with Crippen molar-refractivity contribution in [2.75, 3.05) is 0 Å². The van der Waals surface area contributed by atoms with E-state index in [2.05, 4.69) is 16.0 Å². The molecule has 0 saturated heterocycles. The average Bonchev–Trinajstić information content (AvgIpc) is 2.33. The predicted octanol–water partition coefficient (Wildman–Crippen LogP) is 2.25. The van der Waals surface area contributed by atoms with Crippen LogP contribution in [0.1, 0.15) is 22.5 Å². The van der Waals surface area contributed by atoms with Crippen LogP contribution in [0.15, 0.2) is 36.7 Å². The molecule has 0 aliphatic heterocycles. The minimum atomic E-state index is 0.698. The van der Waals surface area contributed by atoms with E-state index in [1.807, 2.05) is 31.2 Å². The maximum atomic E-state index is 8.96. The lowest BCUT2D eigenvalue weighted by atomic mass is 10.0. The summed E-state index contributed by atoms with van der Waals surface area (Å²) in [6.45, 7) is 1.85. The van der Waals surface area contributed by atoms with E-state index in [0.717, 1.165) is 17.0 Å². The van der Waals surface area contributed by atoms with Crippen LogP contribution in [0, 0.1) is 18.3 Å². The molecule has 3 heteroatoms. The number of nitrogens with zero attached hydrogens (tertiary/aromatic N) is 3. The molecule has 0 radical (unpaired) electrons. The third-order valence-corrected chi connectivity index (χ3v) is 2.37. The Morgan fingerprint density at radius 1 is 1.19 bits per heavy atom. The molecule has 0 N–H and O–H groups in total. The van der Waals surface area contributed by atoms with Crippen molar-refractivity contribution in [2.24, 2.45) is 0 Å². The zero-order chi connectivity index (χ0) is 11.4. The molecular formula is C13H11N3. The van der Waals surface area contributed by atoms with E-state index in [-0.39, 0.29) is 0 Å². The number of nitriles is 1. The largest absolute Gasteiger partial charge is 0.241 e. The molecule has 0 spiro atoms. The van der Waals surface area contributed by atoms with Crippen molar-refractivity contribution in [2.45, 2.75) is 13.3 Å². The van der Waals surface area contributed by atoms with Gasteiger partial charge in [0.15, 0.2) is 0 Å². The molecule has 2 aromatic rings. The SMILES string of the molecule is Cc1ncc(Cc2ccccc2C#N)cn1. The van der Waals surface area contributed by atoms with Gasteiger partial charge < -0.3 is 0 Å². The highest BCUT2D eigenvalue weighted by molar-refractivity contribution is 5.39. The van der Waals surface area contributed by atoms with Gasteiger partial charge in [-0.1, -0.05) is 18.2 Å². The number of hydrogen-bond donors (Lipinski definition) is 0. The van der Waals surface area contributed by atoms with Gasteiger partial charge in [0.05, 0.1) is 11.6 Å². The second-order valence-electron chi connectivity index (χ2n) is 3.58. The number of aryl methyl sites for hydroxylation is 1. The molecule has 0 aliphatic carbocycles. The van der Waals surface area contributed by atoms with Gasteiger partial charge >= 0.3 is 0 Å². The van der Waals surface area contributed by atoms with Gasteiger partial charge in [-0.15, -0.1) is 0 Å². The van der Waals surface area contributed by atoms with Crippen molar-refractivity contribution in [3.05, 3.63) is 59.2 Å². The molecule has 0 bridgehead atoms. The summed E-state index contributed by atoms with van der Waals surface area (Å²) in [6.07, 6.45) is 4.30. The zero-order valence-corrected chi connectivity index (χ0v) is 9.01. The molecule has 1 aromatic heterocycles. The first-order chi connectivity index (χ1) is 7.79. The van der Waals surface area contributed by atoms with Gasteiger partial charge in [-0.2, -0.15) is 5.26 Å². The van der Waals surface area contributed by atoms with Crippen molar-refractivity contribution in [1.82, 2.24) is 9.97 Å². The Labute approximate surface area is 94.4 Å². The van der Waals surface area contributed by atoms with Gasteiger partial charge in [-0.3, -0.25) is 0 Å². The molecule has 0 atom stereocenters. The molecule has 3 nitrogen and oxygen atoms in total. The molecule has 1 heterocycles. The van der Waals surface area contributed by atoms with Crippen molar-refractivity contribution >= 4 is 0 Å². The molecule has 0 unspecified atom stereocenters.